The van der Waals surface area contributed by atoms with Gasteiger partial charge >= 0.3 is 0 Å². The normalized spacial score (nSPS) is 15.4. The van der Waals surface area contributed by atoms with Gasteiger partial charge in [0.2, 0.25) is 11.6 Å². The van der Waals surface area contributed by atoms with Gasteiger partial charge in [0.15, 0.2) is 5.84 Å². The third-order valence-corrected chi connectivity index (χ3v) is 4.06. The second-order valence-corrected chi connectivity index (χ2v) is 5.97. The van der Waals surface area contributed by atoms with Crippen molar-refractivity contribution in [3.05, 3.63) is 23.8 Å². The topological polar surface area (TPSA) is 127 Å². The van der Waals surface area contributed by atoms with Crippen molar-refractivity contribution in [2.75, 3.05) is 10.7 Å². The number of hydrogen-bond acceptors (Lipinski definition) is 5. The van der Waals surface area contributed by atoms with E-state index in [9.17, 15) is 4.79 Å². The molecule has 24 heavy (non-hydrogen) atoms. The second kappa shape index (κ2) is 8.11. The third-order valence-electron chi connectivity index (χ3n) is 4.06. The van der Waals surface area contributed by atoms with Crippen molar-refractivity contribution in [2.24, 2.45) is 16.8 Å². The number of carbonyl (C=O) groups excluding carboxylic acids is 1. The predicted octanol–water partition coefficient (Wildman–Crippen LogP) is 2.74. The number of nitrogens with zero attached hydrogens (tertiary/aromatic N) is 2. The summed E-state index contributed by atoms with van der Waals surface area (Å²) in [5.74, 6) is -0.355. The van der Waals surface area contributed by atoms with Crippen LogP contribution in [0.2, 0.25) is 0 Å². The minimum Gasteiger partial charge on any atom is -0.382 e. The number of hydrogen-bond donors (Lipinski definition) is 4. The van der Waals surface area contributed by atoms with E-state index in [1.807, 2.05) is 19.1 Å². The van der Waals surface area contributed by atoms with Gasteiger partial charge in [0.05, 0.1) is 11.4 Å². The number of amides is 1. The summed E-state index contributed by atoms with van der Waals surface area (Å²) in [6, 6.07) is 7.25. The van der Waals surface area contributed by atoms with Crippen LogP contribution in [0.3, 0.4) is 0 Å². The van der Waals surface area contributed by atoms with Crippen LogP contribution in [0.4, 0.5) is 11.4 Å². The van der Waals surface area contributed by atoms with Crippen molar-refractivity contribution in [3.63, 3.8) is 0 Å². The van der Waals surface area contributed by atoms with Gasteiger partial charge in [-0.15, -0.1) is 0 Å². The first-order chi connectivity index (χ1) is 11.5. The first-order valence-corrected chi connectivity index (χ1v) is 8.01. The minimum atomic E-state index is -0.412. The molecule has 0 spiro atoms. The van der Waals surface area contributed by atoms with E-state index in [2.05, 4.69) is 15.8 Å². The second-order valence-electron chi connectivity index (χ2n) is 5.97. The van der Waals surface area contributed by atoms with Crippen LogP contribution in [0.1, 0.15) is 37.7 Å². The van der Waals surface area contributed by atoms with Crippen LogP contribution in [0.15, 0.2) is 23.3 Å². The lowest BCUT2D eigenvalue weighted by Gasteiger charge is -2.21. The molecule has 0 bridgehead atoms. The Bertz CT molecular complexity index is 698. The highest BCUT2D eigenvalue weighted by atomic mass is 16.1. The molecule has 2 rings (SSSR count). The van der Waals surface area contributed by atoms with Gasteiger partial charge in [-0.3, -0.25) is 15.6 Å². The molecule has 1 amide bonds. The van der Waals surface area contributed by atoms with Gasteiger partial charge in [0.25, 0.3) is 0 Å². The maximum absolute atomic E-state index is 12.4. The van der Waals surface area contributed by atoms with Crippen molar-refractivity contribution in [1.82, 2.24) is 0 Å². The van der Waals surface area contributed by atoms with E-state index in [0.29, 0.717) is 11.4 Å². The van der Waals surface area contributed by atoms with Crippen LogP contribution >= 0.6 is 0 Å². The highest BCUT2D eigenvalue weighted by molar-refractivity contribution is 6.45. The van der Waals surface area contributed by atoms with Gasteiger partial charge in [-0.2, -0.15) is 10.4 Å². The van der Waals surface area contributed by atoms with Gasteiger partial charge in [0.1, 0.15) is 6.07 Å². The fourth-order valence-electron chi connectivity index (χ4n) is 2.72. The van der Waals surface area contributed by atoms with Crippen molar-refractivity contribution >= 4 is 28.8 Å². The minimum absolute atomic E-state index is 0.0117. The Morgan fingerprint density at radius 2 is 2.04 bits per heavy atom. The molecule has 0 radical (unpaired) electrons. The Balaban J connectivity index is 2.16. The zero-order valence-corrected chi connectivity index (χ0v) is 13.7. The highest BCUT2D eigenvalue weighted by Gasteiger charge is 2.21. The van der Waals surface area contributed by atoms with Crippen molar-refractivity contribution < 1.29 is 4.79 Å². The molecule has 7 heteroatoms. The molecule has 1 aromatic rings. The largest absolute Gasteiger partial charge is 0.382 e. The van der Waals surface area contributed by atoms with Gasteiger partial charge in [-0.1, -0.05) is 25.3 Å². The number of nitriles is 1. The van der Waals surface area contributed by atoms with Gasteiger partial charge in [-0.05, 0) is 37.5 Å². The smallest absolute Gasteiger partial charge is 0.227 e. The molecule has 0 atom stereocenters. The fraction of sp³-hybridized carbons (Fsp3) is 0.412. The van der Waals surface area contributed by atoms with Crippen molar-refractivity contribution in [3.8, 4) is 6.07 Å². The number of aryl methyl sites for hydroxylation is 1. The van der Waals surface area contributed by atoms with Crippen LogP contribution < -0.4 is 16.5 Å². The van der Waals surface area contributed by atoms with E-state index in [0.717, 1.165) is 31.2 Å². The lowest BCUT2D eigenvalue weighted by atomic mass is 9.88. The molecule has 1 aliphatic carbocycles. The van der Waals surface area contributed by atoms with Crippen LogP contribution in [-0.2, 0) is 4.79 Å². The lowest BCUT2D eigenvalue weighted by Crippen LogP contribution is -2.25. The summed E-state index contributed by atoms with van der Waals surface area (Å²) in [7, 11) is 0. The van der Waals surface area contributed by atoms with E-state index in [1.165, 1.54) is 6.42 Å². The molecule has 7 nitrogen and oxygen atoms in total. The van der Waals surface area contributed by atoms with Crippen molar-refractivity contribution in [1.29, 1.82) is 10.7 Å². The van der Waals surface area contributed by atoms with Gasteiger partial charge < -0.3 is 11.1 Å². The average molecular weight is 326 g/mol. The maximum atomic E-state index is 12.4. The average Bonchev–Trinajstić information content (AvgIpc) is 2.58. The molecule has 0 aromatic heterocycles. The van der Waals surface area contributed by atoms with Crippen LogP contribution in [0, 0.1) is 29.6 Å². The molecule has 0 aliphatic heterocycles. The Labute approximate surface area is 141 Å². The number of hydrazone groups is 1. The zero-order chi connectivity index (χ0) is 17.5. The number of amidine groups is 1. The number of rotatable bonds is 5. The Morgan fingerprint density at radius 1 is 1.33 bits per heavy atom. The molecular formula is C17H22N6O. The zero-order valence-electron chi connectivity index (χ0n) is 13.7. The van der Waals surface area contributed by atoms with E-state index < -0.39 is 5.84 Å². The summed E-state index contributed by atoms with van der Waals surface area (Å²) >= 11 is 0. The van der Waals surface area contributed by atoms with Gasteiger partial charge in [-0.25, -0.2) is 0 Å². The number of anilines is 2. The van der Waals surface area contributed by atoms with Crippen molar-refractivity contribution in [2.45, 2.75) is 39.0 Å². The van der Waals surface area contributed by atoms with E-state index in [4.69, 9.17) is 16.4 Å². The quantitative estimate of drug-likeness (QED) is 0.377. The summed E-state index contributed by atoms with van der Waals surface area (Å²) < 4.78 is 0. The molecule has 1 aromatic carbocycles. The molecule has 0 saturated heterocycles. The first kappa shape index (κ1) is 17.5. The molecule has 0 heterocycles. The molecule has 1 aliphatic rings. The van der Waals surface area contributed by atoms with Crippen LogP contribution in [-0.4, -0.2) is 17.5 Å². The Kier molecular flexibility index (Phi) is 5.90. The van der Waals surface area contributed by atoms with Gasteiger partial charge in [0, 0.05) is 5.92 Å². The lowest BCUT2D eigenvalue weighted by molar-refractivity contribution is -0.120. The highest BCUT2D eigenvalue weighted by Crippen LogP contribution is 2.28. The first-order valence-electron chi connectivity index (χ1n) is 8.01. The standard InChI is InChI=1S/C17H22N6O/c1-11-7-8-13(21-17(24)12-5-3-2-4-6-12)14(9-11)22-23-15(10-18)16(19)20/h7-9,12,22H,2-6H2,1H3,(H3,19,20)(H,21,24)/b23-15+. The molecular weight excluding hydrogens is 304 g/mol. The number of carbonyl (C=O) groups is 1. The Hall–Kier alpha value is -2.88. The molecule has 5 N–H and O–H groups in total. The fourth-order valence-corrected chi connectivity index (χ4v) is 2.72. The molecule has 1 fully saturated rings. The number of nitrogens with one attached hydrogen (secondary N) is 3. The number of benzene rings is 1. The Morgan fingerprint density at radius 3 is 2.67 bits per heavy atom. The van der Waals surface area contributed by atoms with E-state index >= 15 is 0 Å². The van der Waals surface area contributed by atoms with E-state index in [1.54, 1.807) is 12.1 Å². The summed E-state index contributed by atoms with van der Waals surface area (Å²) in [6.07, 6.45) is 5.21. The predicted molar refractivity (Wildman–Crippen MR) is 95.0 cm³/mol. The van der Waals surface area contributed by atoms with E-state index in [-0.39, 0.29) is 17.5 Å². The third kappa shape index (κ3) is 4.56. The maximum Gasteiger partial charge on any atom is 0.227 e. The summed E-state index contributed by atoms with van der Waals surface area (Å²) in [6.45, 7) is 1.91. The summed E-state index contributed by atoms with van der Waals surface area (Å²) in [4.78, 5) is 12.4. The summed E-state index contributed by atoms with van der Waals surface area (Å²) in [5.41, 5.74) is 9.93. The molecule has 0 unspecified atom stereocenters. The summed E-state index contributed by atoms with van der Waals surface area (Å²) in [5, 5.41) is 23.0. The number of nitrogens with two attached hydrogens (primary N) is 1. The van der Waals surface area contributed by atoms with Crippen LogP contribution in [0.25, 0.3) is 0 Å². The SMILES string of the molecule is Cc1ccc(NC(=O)C2CCCCC2)c(N/N=C(\C#N)C(=N)N)c1. The monoisotopic (exact) mass is 326 g/mol. The molecule has 126 valence electrons. The van der Waals surface area contributed by atoms with Crippen LogP contribution in [0.5, 0.6) is 0 Å². The molecule has 1 saturated carbocycles.